The molecule has 0 aliphatic carbocycles. The van der Waals surface area contributed by atoms with Gasteiger partial charge >= 0.3 is 5.97 Å². The minimum atomic E-state index is -1.14. The van der Waals surface area contributed by atoms with Crippen molar-refractivity contribution in [1.29, 1.82) is 0 Å². The molecule has 0 unspecified atom stereocenters. The molecule has 0 saturated heterocycles. The first kappa shape index (κ1) is 21.6. The number of H-pyrrole nitrogens is 1. The number of hydrogen-bond acceptors (Lipinski definition) is 8. The monoisotopic (exact) mass is 494 g/mol. The Balaban J connectivity index is 1.43. The minimum Gasteiger partial charge on any atom is -0.478 e. The maximum absolute atomic E-state index is 12.5. The zero-order valence-corrected chi connectivity index (χ0v) is 19.0. The summed E-state index contributed by atoms with van der Waals surface area (Å²) in [6, 6.07) is 8.11. The van der Waals surface area contributed by atoms with Crippen LogP contribution < -0.4 is 10.6 Å². The number of fused-ring (bicyclic) bond motifs is 1. The summed E-state index contributed by atoms with van der Waals surface area (Å²) < 4.78 is 1.50. The van der Waals surface area contributed by atoms with Crippen LogP contribution in [0.5, 0.6) is 0 Å². The molecule has 0 fully saturated rings. The summed E-state index contributed by atoms with van der Waals surface area (Å²) in [6.07, 6.45) is 4.62. The molecule has 1 amide bonds. The van der Waals surface area contributed by atoms with E-state index in [2.05, 4.69) is 36.1 Å². The normalized spacial score (nSPS) is 11.0. The van der Waals surface area contributed by atoms with Gasteiger partial charge in [-0.2, -0.15) is 10.2 Å². The molecule has 5 aromatic rings. The zero-order valence-electron chi connectivity index (χ0n) is 17.4. The lowest BCUT2D eigenvalue weighted by molar-refractivity contribution is 0.0696. The molecule has 11 nitrogen and oxygen atoms in total. The van der Waals surface area contributed by atoms with Gasteiger partial charge in [0.1, 0.15) is 5.01 Å². The van der Waals surface area contributed by atoms with Crippen molar-refractivity contribution < 1.29 is 14.7 Å². The number of nitrogens with zero attached hydrogens (tertiary/aromatic N) is 5. The lowest BCUT2D eigenvalue weighted by Crippen LogP contribution is -2.12. The molecular weight excluding hydrogens is 480 g/mol. The fourth-order valence-electron chi connectivity index (χ4n) is 3.27. The van der Waals surface area contributed by atoms with Crippen LogP contribution in [-0.2, 0) is 7.05 Å². The second kappa shape index (κ2) is 8.57. The minimum absolute atomic E-state index is 0.00264. The molecule has 0 atom stereocenters. The van der Waals surface area contributed by atoms with Crippen molar-refractivity contribution in [2.75, 3.05) is 10.6 Å². The van der Waals surface area contributed by atoms with Crippen LogP contribution in [-0.4, -0.2) is 47.2 Å². The number of benzene rings is 2. The largest absolute Gasteiger partial charge is 0.478 e. The number of carboxylic acid groups (broad SMARTS) is 1. The Kier molecular flexibility index (Phi) is 5.43. The van der Waals surface area contributed by atoms with Gasteiger partial charge in [0.25, 0.3) is 5.91 Å². The number of halogens is 1. The molecule has 0 aliphatic rings. The molecule has 5 rings (SSSR count). The molecule has 2 aromatic carbocycles. The third kappa shape index (κ3) is 4.19. The van der Waals surface area contributed by atoms with Gasteiger partial charge in [-0.3, -0.25) is 14.6 Å². The Morgan fingerprint density at radius 2 is 2.00 bits per heavy atom. The van der Waals surface area contributed by atoms with Crippen molar-refractivity contribution in [3.05, 3.63) is 65.1 Å². The molecule has 0 radical (unpaired) electrons. The highest BCUT2D eigenvalue weighted by molar-refractivity contribution is 7.18. The number of nitrogens with one attached hydrogen (secondary N) is 3. The van der Waals surface area contributed by atoms with E-state index in [-0.39, 0.29) is 5.56 Å². The Morgan fingerprint density at radius 3 is 2.76 bits per heavy atom. The highest BCUT2D eigenvalue weighted by Crippen LogP contribution is 2.35. The molecule has 13 heteroatoms. The molecule has 34 heavy (non-hydrogen) atoms. The van der Waals surface area contributed by atoms with Crippen molar-refractivity contribution in [3.8, 4) is 10.6 Å². The van der Waals surface area contributed by atoms with Crippen LogP contribution in [0, 0.1) is 0 Å². The number of rotatable bonds is 6. The zero-order chi connectivity index (χ0) is 23.8. The number of anilines is 3. The number of amides is 1. The summed E-state index contributed by atoms with van der Waals surface area (Å²) in [5.41, 5.74) is 2.57. The van der Waals surface area contributed by atoms with Gasteiger partial charge in [-0.15, -0.1) is 10.2 Å². The lowest BCUT2D eigenvalue weighted by Gasteiger charge is -2.07. The van der Waals surface area contributed by atoms with Crippen LogP contribution in [0.4, 0.5) is 16.5 Å². The van der Waals surface area contributed by atoms with Gasteiger partial charge < -0.3 is 15.7 Å². The van der Waals surface area contributed by atoms with Gasteiger partial charge in [-0.25, -0.2) is 4.79 Å². The predicted molar refractivity (Wildman–Crippen MR) is 128 cm³/mol. The molecule has 4 N–H and O–H groups in total. The number of aromatic nitrogens is 6. The fraction of sp³-hybridized carbons (Fsp3) is 0.0476. The van der Waals surface area contributed by atoms with Crippen LogP contribution in [0.15, 0.2) is 48.9 Å². The average Bonchev–Trinajstić information content (AvgIpc) is 3.56. The maximum atomic E-state index is 12.5. The smallest absolute Gasteiger partial charge is 0.335 e. The Bertz CT molecular complexity index is 1560. The quantitative estimate of drug-likeness (QED) is 0.274. The van der Waals surface area contributed by atoms with Gasteiger partial charge in [-0.05, 0) is 30.3 Å². The van der Waals surface area contributed by atoms with Crippen molar-refractivity contribution in [2.24, 2.45) is 7.05 Å². The van der Waals surface area contributed by atoms with E-state index in [0.29, 0.717) is 37.7 Å². The molecule has 3 heterocycles. The number of carbonyl (C=O) groups is 2. The highest BCUT2D eigenvalue weighted by atomic mass is 35.5. The molecule has 3 aromatic heterocycles. The van der Waals surface area contributed by atoms with Crippen molar-refractivity contribution in [3.63, 3.8) is 0 Å². The molecule has 0 bridgehead atoms. The molecule has 0 spiro atoms. The van der Waals surface area contributed by atoms with E-state index >= 15 is 0 Å². The number of carbonyl (C=O) groups excluding carboxylic acids is 1. The summed E-state index contributed by atoms with van der Waals surface area (Å²) in [5.74, 6) is -1.55. The topological polar surface area (TPSA) is 151 Å². The predicted octanol–water partition coefficient (Wildman–Crippen LogP) is 4.16. The standard InChI is InChI=1S/C21H15ClN8O3S/c1-30-9-12(7-24-30)18(31)25-13-5-10(4-11(6-13)20(32)33)19-28-29-21(34-19)26-16-3-2-15-14(17(16)22)8-23-27-15/h2-9H,1H3,(H,23,27)(H,25,31)(H,26,29)(H,32,33). The molecule has 0 saturated carbocycles. The molecule has 170 valence electrons. The van der Waals surface area contributed by atoms with Gasteiger partial charge in [0, 0.05) is 29.9 Å². The van der Waals surface area contributed by atoms with Crippen LogP contribution in [0.1, 0.15) is 20.7 Å². The number of aryl methyl sites for hydroxylation is 1. The summed E-state index contributed by atoms with van der Waals surface area (Å²) in [5, 5.41) is 36.7. The third-order valence-corrected chi connectivity index (χ3v) is 6.17. The van der Waals surface area contributed by atoms with Gasteiger partial charge in [-0.1, -0.05) is 22.9 Å². The Labute approximate surface area is 200 Å². The van der Waals surface area contributed by atoms with E-state index in [1.807, 2.05) is 6.07 Å². The van der Waals surface area contributed by atoms with Gasteiger partial charge in [0.05, 0.1) is 39.7 Å². The SMILES string of the molecule is Cn1cc(C(=O)Nc2cc(C(=O)O)cc(-c3nnc(Nc4ccc5[nH]ncc5c4Cl)s3)c2)cn1. The van der Waals surface area contributed by atoms with Crippen LogP contribution in [0.25, 0.3) is 21.5 Å². The third-order valence-electron chi connectivity index (χ3n) is 4.88. The van der Waals surface area contributed by atoms with E-state index in [1.54, 1.807) is 31.6 Å². The van der Waals surface area contributed by atoms with E-state index in [1.165, 1.54) is 34.3 Å². The molecule has 0 aliphatic heterocycles. The van der Waals surface area contributed by atoms with E-state index in [9.17, 15) is 14.7 Å². The van der Waals surface area contributed by atoms with Gasteiger partial charge in [0.15, 0.2) is 0 Å². The Morgan fingerprint density at radius 1 is 1.15 bits per heavy atom. The number of hydrogen-bond donors (Lipinski definition) is 4. The molecular formula is C21H15ClN8O3S. The first-order chi connectivity index (χ1) is 16.4. The summed E-state index contributed by atoms with van der Waals surface area (Å²) in [4.78, 5) is 24.2. The lowest BCUT2D eigenvalue weighted by atomic mass is 10.1. The van der Waals surface area contributed by atoms with E-state index < -0.39 is 11.9 Å². The fourth-order valence-corrected chi connectivity index (χ4v) is 4.28. The van der Waals surface area contributed by atoms with Crippen LogP contribution in [0.2, 0.25) is 5.02 Å². The summed E-state index contributed by atoms with van der Waals surface area (Å²) >= 11 is 7.67. The Hall–Kier alpha value is -4.29. The highest BCUT2D eigenvalue weighted by Gasteiger charge is 2.16. The second-order valence-corrected chi connectivity index (χ2v) is 8.61. The maximum Gasteiger partial charge on any atom is 0.335 e. The number of carboxylic acids is 1. The van der Waals surface area contributed by atoms with Crippen LogP contribution in [0.3, 0.4) is 0 Å². The number of aromatic amines is 1. The van der Waals surface area contributed by atoms with E-state index in [0.717, 1.165) is 10.9 Å². The first-order valence-electron chi connectivity index (χ1n) is 9.78. The van der Waals surface area contributed by atoms with Crippen molar-refractivity contribution in [2.45, 2.75) is 0 Å². The number of aromatic carboxylic acids is 1. The van der Waals surface area contributed by atoms with Gasteiger partial charge in [0.2, 0.25) is 5.13 Å². The van der Waals surface area contributed by atoms with Crippen LogP contribution >= 0.6 is 22.9 Å². The first-order valence-corrected chi connectivity index (χ1v) is 11.0. The van der Waals surface area contributed by atoms with E-state index in [4.69, 9.17) is 11.6 Å². The van der Waals surface area contributed by atoms with Crippen molar-refractivity contribution in [1.82, 2.24) is 30.2 Å². The van der Waals surface area contributed by atoms with Crippen molar-refractivity contribution >= 4 is 62.2 Å². The second-order valence-electron chi connectivity index (χ2n) is 7.26. The summed E-state index contributed by atoms with van der Waals surface area (Å²) in [7, 11) is 1.70. The average molecular weight is 495 g/mol. The summed E-state index contributed by atoms with van der Waals surface area (Å²) in [6.45, 7) is 0.